The Morgan fingerprint density at radius 3 is 2.33 bits per heavy atom. The SMILES string of the molecule is CCCc1ccc(-c2ccccc2)c(B(O)O)c1. The van der Waals surface area contributed by atoms with Gasteiger partial charge in [0.25, 0.3) is 0 Å². The topological polar surface area (TPSA) is 40.5 Å². The van der Waals surface area contributed by atoms with Crippen molar-refractivity contribution in [2.75, 3.05) is 0 Å². The second-order valence-electron chi connectivity index (χ2n) is 4.41. The molecule has 0 aliphatic carbocycles. The summed E-state index contributed by atoms with van der Waals surface area (Å²) in [5.74, 6) is 0. The van der Waals surface area contributed by atoms with E-state index in [0.717, 1.165) is 29.5 Å². The normalized spacial score (nSPS) is 10.4. The molecule has 0 amide bonds. The molecule has 0 saturated heterocycles. The average Bonchev–Trinajstić information content (AvgIpc) is 2.40. The molecule has 0 aromatic heterocycles. The number of hydrogen-bond donors (Lipinski definition) is 2. The molecule has 3 heteroatoms. The highest BCUT2D eigenvalue weighted by atomic mass is 16.4. The molecule has 0 heterocycles. The molecule has 0 aliphatic heterocycles. The van der Waals surface area contributed by atoms with Crippen LogP contribution in [0.25, 0.3) is 11.1 Å². The second-order valence-corrected chi connectivity index (χ2v) is 4.41. The lowest BCUT2D eigenvalue weighted by atomic mass is 9.74. The molecule has 0 spiro atoms. The average molecular weight is 240 g/mol. The largest absolute Gasteiger partial charge is 0.489 e. The van der Waals surface area contributed by atoms with Gasteiger partial charge in [-0.15, -0.1) is 0 Å². The molecule has 0 saturated carbocycles. The minimum Gasteiger partial charge on any atom is -0.423 e. The van der Waals surface area contributed by atoms with Crippen LogP contribution in [-0.4, -0.2) is 17.2 Å². The summed E-state index contributed by atoms with van der Waals surface area (Å²) < 4.78 is 0. The first kappa shape index (κ1) is 12.9. The summed E-state index contributed by atoms with van der Waals surface area (Å²) in [7, 11) is -1.43. The van der Waals surface area contributed by atoms with Gasteiger partial charge in [0.05, 0.1) is 0 Å². The zero-order valence-corrected chi connectivity index (χ0v) is 10.5. The third-order valence-corrected chi connectivity index (χ3v) is 3.02. The minimum absolute atomic E-state index is 0.576. The van der Waals surface area contributed by atoms with Gasteiger partial charge in [-0.1, -0.05) is 61.9 Å². The molecular weight excluding hydrogens is 223 g/mol. The van der Waals surface area contributed by atoms with E-state index in [1.807, 2.05) is 42.5 Å². The Hall–Kier alpha value is -1.58. The zero-order valence-electron chi connectivity index (χ0n) is 10.5. The lowest BCUT2D eigenvalue weighted by molar-refractivity contribution is 0.426. The smallest absolute Gasteiger partial charge is 0.423 e. The monoisotopic (exact) mass is 240 g/mol. The summed E-state index contributed by atoms with van der Waals surface area (Å²) in [6, 6.07) is 15.7. The van der Waals surface area contributed by atoms with Crippen LogP contribution in [0.2, 0.25) is 0 Å². The van der Waals surface area contributed by atoms with Gasteiger partial charge in [0.15, 0.2) is 0 Å². The Morgan fingerprint density at radius 1 is 1.00 bits per heavy atom. The second kappa shape index (κ2) is 5.85. The number of benzene rings is 2. The summed E-state index contributed by atoms with van der Waals surface area (Å²) >= 11 is 0. The Labute approximate surface area is 108 Å². The fraction of sp³-hybridized carbons (Fsp3) is 0.200. The van der Waals surface area contributed by atoms with Gasteiger partial charge in [-0.25, -0.2) is 0 Å². The molecule has 0 bridgehead atoms. The van der Waals surface area contributed by atoms with Gasteiger partial charge in [-0.05, 0) is 28.6 Å². The molecule has 92 valence electrons. The quantitative estimate of drug-likeness (QED) is 0.802. The van der Waals surface area contributed by atoms with Gasteiger partial charge in [0.2, 0.25) is 0 Å². The van der Waals surface area contributed by atoms with E-state index in [2.05, 4.69) is 13.0 Å². The number of aryl methyl sites for hydroxylation is 1. The molecule has 2 nitrogen and oxygen atoms in total. The summed E-state index contributed by atoms with van der Waals surface area (Å²) in [6.07, 6.45) is 2.00. The van der Waals surface area contributed by atoms with E-state index in [0.29, 0.717) is 5.46 Å². The van der Waals surface area contributed by atoms with Crippen molar-refractivity contribution >= 4 is 12.6 Å². The van der Waals surface area contributed by atoms with Crippen molar-refractivity contribution in [2.45, 2.75) is 19.8 Å². The Morgan fingerprint density at radius 2 is 1.72 bits per heavy atom. The van der Waals surface area contributed by atoms with Crippen molar-refractivity contribution in [1.29, 1.82) is 0 Å². The number of rotatable bonds is 4. The Bertz CT molecular complexity index is 509. The Kier molecular flexibility index (Phi) is 4.18. The van der Waals surface area contributed by atoms with E-state index in [9.17, 15) is 10.0 Å². The third kappa shape index (κ3) is 2.81. The summed E-state index contributed by atoms with van der Waals surface area (Å²) in [5.41, 5.74) is 3.60. The van der Waals surface area contributed by atoms with Gasteiger partial charge in [0.1, 0.15) is 0 Å². The van der Waals surface area contributed by atoms with Crippen LogP contribution in [0, 0.1) is 0 Å². The maximum Gasteiger partial charge on any atom is 0.489 e. The van der Waals surface area contributed by atoms with Crippen LogP contribution < -0.4 is 5.46 Å². The van der Waals surface area contributed by atoms with E-state index in [-0.39, 0.29) is 0 Å². The standard InChI is InChI=1S/C15H17BO2/c1-2-6-12-9-10-14(15(11-12)16(17)18)13-7-4-3-5-8-13/h3-5,7-11,17-18H,2,6H2,1H3. The summed E-state index contributed by atoms with van der Waals surface area (Å²) in [6.45, 7) is 2.11. The van der Waals surface area contributed by atoms with Gasteiger partial charge < -0.3 is 10.0 Å². The van der Waals surface area contributed by atoms with Crippen LogP contribution in [0.3, 0.4) is 0 Å². The summed E-state index contributed by atoms with van der Waals surface area (Å²) in [4.78, 5) is 0. The molecule has 2 rings (SSSR count). The van der Waals surface area contributed by atoms with E-state index in [1.54, 1.807) is 0 Å². The zero-order chi connectivity index (χ0) is 13.0. The van der Waals surface area contributed by atoms with E-state index >= 15 is 0 Å². The predicted octanol–water partition coefficient (Wildman–Crippen LogP) is 1.99. The molecular formula is C15H17BO2. The molecule has 18 heavy (non-hydrogen) atoms. The molecule has 0 atom stereocenters. The predicted molar refractivity (Wildman–Crippen MR) is 75.7 cm³/mol. The van der Waals surface area contributed by atoms with E-state index in [4.69, 9.17) is 0 Å². The highest BCUT2D eigenvalue weighted by Crippen LogP contribution is 2.18. The molecule has 0 aliphatic rings. The molecule has 2 N–H and O–H groups in total. The van der Waals surface area contributed by atoms with Crippen LogP contribution >= 0.6 is 0 Å². The van der Waals surface area contributed by atoms with Crippen molar-refractivity contribution < 1.29 is 10.0 Å². The minimum atomic E-state index is -1.43. The van der Waals surface area contributed by atoms with Crippen LogP contribution in [-0.2, 0) is 6.42 Å². The van der Waals surface area contributed by atoms with Crippen LogP contribution in [0.15, 0.2) is 48.5 Å². The maximum absolute atomic E-state index is 9.51. The third-order valence-electron chi connectivity index (χ3n) is 3.02. The van der Waals surface area contributed by atoms with E-state index < -0.39 is 7.12 Å². The van der Waals surface area contributed by atoms with Gasteiger partial charge in [-0.2, -0.15) is 0 Å². The molecule has 0 radical (unpaired) electrons. The lowest BCUT2D eigenvalue weighted by Crippen LogP contribution is -2.32. The van der Waals surface area contributed by atoms with Crippen LogP contribution in [0.1, 0.15) is 18.9 Å². The van der Waals surface area contributed by atoms with Gasteiger partial charge in [-0.3, -0.25) is 0 Å². The van der Waals surface area contributed by atoms with E-state index in [1.165, 1.54) is 0 Å². The van der Waals surface area contributed by atoms with Crippen molar-refractivity contribution in [3.63, 3.8) is 0 Å². The highest BCUT2D eigenvalue weighted by Gasteiger charge is 2.17. The molecule has 2 aromatic rings. The summed E-state index contributed by atoms with van der Waals surface area (Å²) in [5, 5.41) is 19.0. The molecule has 0 unspecified atom stereocenters. The first-order valence-electron chi connectivity index (χ1n) is 6.26. The fourth-order valence-corrected chi connectivity index (χ4v) is 2.15. The Balaban J connectivity index is 2.47. The molecule has 2 aromatic carbocycles. The van der Waals surface area contributed by atoms with Crippen molar-refractivity contribution in [3.8, 4) is 11.1 Å². The maximum atomic E-state index is 9.51. The highest BCUT2D eigenvalue weighted by molar-refractivity contribution is 6.60. The van der Waals surface area contributed by atoms with Gasteiger partial charge >= 0.3 is 7.12 Å². The fourth-order valence-electron chi connectivity index (χ4n) is 2.15. The van der Waals surface area contributed by atoms with Crippen molar-refractivity contribution in [3.05, 3.63) is 54.1 Å². The molecule has 0 fully saturated rings. The van der Waals surface area contributed by atoms with Crippen molar-refractivity contribution in [2.24, 2.45) is 0 Å². The van der Waals surface area contributed by atoms with Gasteiger partial charge in [0, 0.05) is 0 Å². The van der Waals surface area contributed by atoms with Crippen molar-refractivity contribution in [1.82, 2.24) is 0 Å². The lowest BCUT2D eigenvalue weighted by Gasteiger charge is -2.11. The van der Waals surface area contributed by atoms with Crippen LogP contribution in [0.4, 0.5) is 0 Å². The first-order valence-corrected chi connectivity index (χ1v) is 6.26. The number of hydrogen-bond acceptors (Lipinski definition) is 2. The van der Waals surface area contributed by atoms with Crippen LogP contribution in [0.5, 0.6) is 0 Å². The first-order chi connectivity index (χ1) is 8.72.